The fourth-order valence-electron chi connectivity index (χ4n) is 0.847. The summed E-state index contributed by atoms with van der Waals surface area (Å²) in [5.74, 6) is -2.07. The highest BCUT2D eigenvalue weighted by atomic mass is 19.1. The lowest BCUT2D eigenvalue weighted by molar-refractivity contribution is -0.142. The number of halogens is 1. The molecule has 0 heterocycles. The van der Waals surface area contributed by atoms with E-state index in [2.05, 4.69) is 4.74 Å². The normalized spacial score (nSPS) is 11.6. The minimum Gasteiger partial charge on any atom is -0.421 e. The van der Waals surface area contributed by atoms with Crippen molar-refractivity contribution in [1.29, 1.82) is 5.26 Å². The second kappa shape index (κ2) is 4.53. The van der Waals surface area contributed by atoms with Crippen LogP contribution in [0.1, 0.15) is 12.5 Å². The first-order valence-electron chi connectivity index (χ1n) is 4.14. The van der Waals surface area contributed by atoms with Crippen molar-refractivity contribution >= 4 is 5.97 Å². The van der Waals surface area contributed by atoms with E-state index >= 15 is 0 Å². The van der Waals surface area contributed by atoms with Crippen LogP contribution in [0.25, 0.3) is 0 Å². The third-order valence-corrected chi connectivity index (χ3v) is 1.61. The molecule has 5 heteroatoms. The van der Waals surface area contributed by atoms with Crippen LogP contribution < -0.4 is 4.74 Å². The van der Waals surface area contributed by atoms with Crippen LogP contribution >= 0.6 is 0 Å². The lowest BCUT2D eigenvalue weighted by Crippen LogP contribution is -2.22. The summed E-state index contributed by atoms with van der Waals surface area (Å²) in [6, 6.07) is 5.16. The Bertz CT molecular complexity index is 423. The zero-order valence-corrected chi connectivity index (χ0v) is 7.90. The minimum atomic E-state index is -1.32. The van der Waals surface area contributed by atoms with Gasteiger partial charge in [-0.05, 0) is 25.1 Å². The van der Waals surface area contributed by atoms with E-state index in [4.69, 9.17) is 10.4 Å². The number of nitriles is 1. The van der Waals surface area contributed by atoms with E-state index in [0.29, 0.717) is 0 Å². The number of hydrogen-bond donors (Lipinski definition) is 1. The van der Waals surface area contributed by atoms with Crippen molar-refractivity contribution in [1.82, 2.24) is 0 Å². The summed E-state index contributed by atoms with van der Waals surface area (Å²) in [5, 5.41) is 17.3. The number of benzene rings is 1. The number of hydrogen-bond acceptors (Lipinski definition) is 4. The summed E-state index contributed by atoms with van der Waals surface area (Å²) in [5.41, 5.74) is 0.129. The number of nitrogens with zero attached hydrogens (tertiary/aromatic N) is 1. The first-order valence-corrected chi connectivity index (χ1v) is 4.14. The third kappa shape index (κ3) is 2.76. The number of ether oxygens (including phenoxy) is 1. The molecule has 0 fully saturated rings. The van der Waals surface area contributed by atoms with Gasteiger partial charge in [-0.25, -0.2) is 9.18 Å². The molecule has 4 nitrogen and oxygen atoms in total. The van der Waals surface area contributed by atoms with E-state index in [0.717, 1.165) is 12.1 Å². The molecule has 1 rings (SSSR count). The van der Waals surface area contributed by atoms with Crippen molar-refractivity contribution in [2.45, 2.75) is 13.0 Å². The van der Waals surface area contributed by atoms with Gasteiger partial charge in [-0.1, -0.05) is 0 Å². The standard InChI is InChI=1S/C10H8FNO3/c1-6(13)10(14)15-9-3-2-7(5-12)4-8(9)11/h2-4,6,13H,1H3. The van der Waals surface area contributed by atoms with E-state index in [-0.39, 0.29) is 11.3 Å². The van der Waals surface area contributed by atoms with Gasteiger partial charge in [-0.2, -0.15) is 5.26 Å². The van der Waals surface area contributed by atoms with Crippen molar-refractivity contribution in [3.8, 4) is 11.8 Å². The number of rotatable bonds is 2. The summed E-state index contributed by atoms with van der Waals surface area (Å²) in [6.45, 7) is 1.21. The van der Waals surface area contributed by atoms with Gasteiger partial charge in [0.05, 0.1) is 11.6 Å². The molecule has 0 aliphatic heterocycles. The highest BCUT2D eigenvalue weighted by Crippen LogP contribution is 2.18. The van der Waals surface area contributed by atoms with Crippen LogP contribution in [0.5, 0.6) is 5.75 Å². The summed E-state index contributed by atoms with van der Waals surface area (Å²) >= 11 is 0. The number of carbonyl (C=O) groups excluding carboxylic acids is 1. The SMILES string of the molecule is CC(O)C(=O)Oc1ccc(C#N)cc1F. The smallest absolute Gasteiger partial charge is 0.340 e. The summed E-state index contributed by atoms with van der Waals surface area (Å²) in [4.78, 5) is 10.9. The topological polar surface area (TPSA) is 70.3 Å². The lowest BCUT2D eigenvalue weighted by Gasteiger charge is -2.06. The first-order chi connectivity index (χ1) is 7.04. The highest BCUT2D eigenvalue weighted by Gasteiger charge is 2.14. The summed E-state index contributed by atoms with van der Waals surface area (Å²) < 4.78 is 17.7. The van der Waals surface area contributed by atoms with Gasteiger partial charge < -0.3 is 9.84 Å². The monoisotopic (exact) mass is 209 g/mol. The van der Waals surface area contributed by atoms with Crippen LogP contribution in [0, 0.1) is 17.1 Å². The van der Waals surface area contributed by atoms with Gasteiger partial charge in [0.15, 0.2) is 11.6 Å². The van der Waals surface area contributed by atoms with E-state index in [9.17, 15) is 9.18 Å². The molecule has 1 aromatic rings. The number of aliphatic hydroxyl groups is 1. The number of carbonyl (C=O) groups is 1. The van der Waals surface area contributed by atoms with Crippen molar-refractivity contribution in [2.24, 2.45) is 0 Å². The Balaban J connectivity index is 2.89. The average Bonchev–Trinajstić information content (AvgIpc) is 2.20. The quantitative estimate of drug-likeness (QED) is 0.582. The van der Waals surface area contributed by atoms with Crippen LogP contribution in [-0.2, 0) is 4.79 Å². The molecule has 0 spiro atoms. The second-order valence-corrected chi connectivity index (χ2v) is 2.85. The van der Waals surface area contributed by atoms with E-state index in [1.54, 1.807) is 6.07 Å². The molecule has 15 heavy (non-hydrogen) atoms. The van der Waals surface area contributed by atoms with Crippen LogP contribution in [0.15, 0.2) is 18.2 Å². The first kappa shape index (κ1) is 11.1. The van der Waals surface area contributed by atoms with Gasteiger partial charge in [0.1, 0.15) is 6.10 Å². The van der Waals surface area contributed by atoms with Crippen LogP contribution in [0.3, 0.4) is 0 Å². The maximum absolute atomic E-state index is 13.2. The maximum atomic E-state index is 13.2. The Kier molecular flexibility index (Phi) is 3.37. The molecule has 0 aromatic heterocycles. The zero-order valence-electron chi connectivity index (χ0n) is 7.90. The maximum Gasteiger partial charge on any atom is 0.340 e. The molecule has 0 bridgehead atoms. The predicted molar refractivity (Wildman–Crippen MR) is 48.4 cm³/mol. The molecule has 0 saturated heterocycles. The van der Waals surface area contributed by atoms with E-state index < -0.39 is 17.9 Å². The van der Waals surface area contributed by atoms with Gasteiger partial charge in [-0.15, -0.1) is 0 Å². The molecule has 0 aliphatic carbocycles. The van der Waals surface area contributed by atoms with E-state index in [1.165, 1.54) is 13.0 Å². The Hall–Kier alpha value is -1.93. The molecular weight excluding hydrogens is 201 g/mol. The van der Waals surface area contributed by atoms with Crippen molar-refractivity contribution in [3.05, 3.63) is 29.6 Å². The largest absolute Gasteiger partial charge is 0.421 e. The van der Waals surface area contributed by atoms with Crippen LogP contribution in [0.2, 0.25) is 0 Å². The molecule has 1 aromatic carbocycles. The van der Waals surface area contributed by atoms with Gasteiger partial charge in [0.2, 0.25) is 0 Å². The fraction of sp³-hybridized carbons (Fsp3) is 0.200. The molecule has 1 unspecified atom stereocenters. The molecule has 78 valence electrons. The summed E-state index contributed by atoms with van der Waals surface area (Å²) in [6.07, 6.45) is -1.32. The Morgan fingerprint density at radius 3 is 2.80 bits per heavy atom. The fourth-order valence-corrected chi connectivity index (χ4v) is 0.847. The number of esters is 1. The summed E-state index contributed by atoms with van der Waals surface area (Å²) in [7, 11) is 0. The van der Waals surface area contributed by atoms with Gasteiger partial charge in [-0.3, -0.25) is 0 Å². The lowest BCUT2D eigenvalue weighted by atomic mass is 10.2. The second-order valence-electron chi connectivity index (χ2n) is 2.85. The molecule has 0 radical (unpaired) electrons. The van der Waals surface area contributed by atoms with Crippen LogP contribution in [-0.4, -0.2) is 17.2 Å². The number of aliphatic hydroxyl groups excluding tert-OH is 1. The Morgan fingerprint density at radius 2 is 2.33 bits per heavy atom. The van der Waals surface area contributed by atoms with Crippen molar-refractivity contribution in [3.63, 3.8) is 0 Å². The minimum absolute atomic E-state index is 0.129. The highest BCUT2D eigenvalue weighted by molar-refractivity contribution is 5.76. The Morgan fingerprint density at radius 1 is 1.67 bits per heavy atom. The molecule has 1 atom stereocenters. The van der Waals surface area contributed by atoms with Crippen LogP contribution in [0.4, 0.5) is 4.39 Å². The zero-order chi connectivity index (χ0) is 11.4. The van der Waals surface area contributed by atoms with Gasteiger partial charge in [0, 0.05) is 0 Å². The van der Waals surface area contributed by atoms with Gasteiger partial charge in [0.25, 0.3) is 0 Å². The average molecular weight is 209 g/mol. The molecule has 1 N–H and O–H groups in total. The van der Waals surface area contributed by atoms with Crippen molar-refractivity contribution < 1.29 is 19.0 Å². The van der Waals surface area contributed by atoms with E-state index in [1.807, 2.05) is 0 Å². The van der Waals surface area contributed by atoms with Gasteiger partial charge >= 0.3 is 5.97 Å². The third-order valence-electron chi connectivity index (χ3n) is 1.61. The van der Waals surface area contributed by atoms with Crippen molar-refractivity contribution in [2.75, 3.05) is 0 Å². The molecule has 0 aliphatic rings. The molecule has 0 saturated carbocycles. The Labute approximate surface area is 85.5 Å². The molecular formula is C10H8FNO3. The predicted octanol–water partition coefficient (Wildman–Crippen LogP) is 0.984. The molecule has 0 amide bonds.